The molecule has 1 aromatic carbocycles. The van der Waals surface area contributed by atoms with Crippen LogP contribution in [0.15, 0.2) is 34.8 Å². The molecule has 20 heavy (non-hydrogen) atoms. The van der Waals surface area contributed by atoms with Crippen LogP contribution in [0.3, 0.4) is 0 Å². The number of nitrogens with one attached hydrogen (secondary N) is 2. The van der Waals surface area contributed by atoms with E-state index in [9.17, 15) is 4.79 Å². The van der Waals surface area contributed by atoms with Gasteiger partial charge in [0.25, 0.3) is 5.91 Å². The summed E-state index contributed by atoms with van der Waals surface area (Å²) in [4.78, 5) is 16.4. The van der Waals surface area contributed by atoms with Gasteiger partial charge >= 0.3 is 0 Å². The van der Waals surface area contributed by atoms with E-state index in [4.69, 9.17) is 11.6 Å². The molecule has 6 heteroatoms. The fraction of sp³-hybridized carbons (Fsp3) is 0.143. The molecule has 0 saturated heterocycles. The zero-order chi connectivity index (χ0) is 14.7. The van der Waals surface area contributed by atoms with Crippen molar-refractivity contribution in [2.45, 2.75) is 6.92 Å². The Labute approximate surface area is 130 Å². The summed E-state index contributed by atoms with van der Waals surface area (Å²) in [7, 11) is 1.73. The molecule has 0 fully saturated rings. The van der Waals surface area contributed by atoms with E-state index in [1.54, 1.807) is 19.2 Å². The van der Waals surface area contributed by atoms with Gasteiger partial charge in [0.1, 0.15) is 11.5 Å². The van der Waals surface area contributed by atoms with E-state index in [-0.39, 0.29) is 11.6 Å². The minimum absolute atomic E-state index is 0.191. The first kappa shape index (κ1) is 14.8. The van der Waals surface area contributed by atoms with Crippen molar-refractivity contribution >= 4 is 44.9 Å². The molecule has 0 bridgehead atoms. The summed E-state index contributed by atoms with van der Waals surface area (Å²) >= 11 is 9.41. The van der Waals surface area contributed by atoms with Crippen LogP contribution in [0.1, 0.15) is 16.1 Å². The number of hydrogen-bond donors (Lipinski definition) is 2. The molecular weight excluding hydrogens is 342 g/mol. The Morgan fingerprint density at radius 3 is 2.70 bits per heavy atom. The molecule has 0 aliphatic rings. The zero-order valence-electron chi connectivity index (χ0n) is 11.0. The maximum absolute atomic E-state index is 12.2. The monoisotopic (exact) mass is 353 g/mol. The Kier molecular flexibility index (Phi) is 4.62. The first-order valence-corrected chi connectivity index (χ1v) is 7.09. The third kappa shape index (κ3) is 3.49. The van der Waals surface area contributed by atoms with Crippen LogP contribution in [0, 0.1) is 6.92 Å². The highest BCUT2D eigenvalue weighted by atomic mass is 79.9. The van der Waals surface area contributed by atoms with Gasteiger partial charge in [-0.05, 0) is 42.8 Å². The molecule has 0 aliphatic carbocycles. The summed E-state index contributed by atoms with van der Waals surface area (Å²) in [5.74, 6) is 0.245. The summed E-state index contributed by atoms with van der Waals surface area (Å²) < 4.78 is 0.899. The first-order valence-electron chi connectivity index (χ1n) is 5.92. The number of rotatable bonds is 3. The van der Waals surface area contributed by atoms with Crippen LogP contribution in [0.5, 0.6) is 0 Å². The number of carbonyl (C=O) groups is 1. The van der Waals surface area contributed by atoms with Crippen LogP contribution in [0.4, 0.5) is 11.5 Å². The van der Waals surface area contributed by atoms with E-state index in [0.29, 0.717) is 16.5 Å². The molecule has 0 aliphatic heterocycles. The molecule has 0 atom stereocenters. The lowest BCUT2D eigenvalue weighted by molar-refractivity contribution is 0.102. The predicted octanol–water partition coefficient (Wildman–Crippen LogP) is 4.10. The number of anilines is 2. The van der Waals surface area contributed by atoms with Gasteiger partial charge < -0.3 is 10.6 Å². The molecule has 2 aromatic rings. The SMILES string of the molecule is CNc1ccc(Cl)c(C(=O)Nc2cc(C)cc(Br)c2)n1. The van der Waals surface area contributed by atoms with Gasteiger partial charge in [0.15, 0.2) is 0 Å². The van der Waals surface area contributed by atoms with Gasteiger partial charge in [-0.1, -0.05) is 27.5 Å². The van der Waals surface area contributed by atoms with E-state index in [1.807, 2.05) is 25.1 Å². The zero-order valence-corrected chi connectivity index (χ0v) is 13.3. The second-order valence-electron chi connectivity index (χ2n) is 4.25. The Bertz CT molecular complexity index is 641. The summed E-state index contributed by atoms with van der Waals surface area (Å²) in [6, 6.07) is 9.01. The topological polar surface area (TPSA) is 54.0 Å². The Balaban J connectivity index is 2.27. The van der Waals surface area contributed by atoms with E-state index in [0.717, 1.165) is 10.0 Å². The summed E-state index contributed by atoms with van der Waals surface area (Å²) in [5.41, 5.74) is 1.92. The number of amides is 1. The van der Waals surface area contributed by atoms with E-state index >= 15 is 0 Å². The number of nitrogens with zero attached hydrogens (tertiary/aromatic N) is 1. The molecule has 2 N–H and O–H groups in total. The smallest absolute Gasteiger partial charge is 0.275 e. The van der Waals surface area contributed by atoms with Crippen molar-refractivity contribution in [2.24, 2.45) is 0 Å². The van der Waals surface area contributed by atoms with Gasteiger partial charge in [0.2, 0.25) is 0 Å². The number of carbonyl (C=O) groups excluding carboxylic acids is 1. The Hall–Kier alpha value is -1.59. The van der Waals surface area contributed by atoms with Crippen molar-refractivity contribution in [2.75, 3.05) is 17.7 Å². The Morgan fingerprint density at radius 2 is 2.05 bits per heavy atom. The lowest BCUT2D eigenvalue weighted by atomic mass is 10.2. The quantitative estimate of drug-likeness (QED) is 0.872. The third-order valence-corrected chi connectivity index (χ3v) is 3.38. The number of pyridine rings is 1. The van der Waals surface area contributed by atoms with Gasteiger partial charge in [-0.15, -0.1) is 0 Å². The highest BCUT2D eigenvalue weighted by Gasteiger charge is 2.13. The van der Waals surface area contributed by atoms with E-state index in [2.05, 4.69) is 31.5 Å². The normalized spacial score (nSPS) is 10.2. The molecule has 1 amide bonds. The lowest BCUT2D eigenvalue weighted by Crippen LogP contribution is -2.15. The fourth-order valence-electron chi connectivity index (χ4n) is 1.74. The molecule has 0 unspecified atom stereocenters. The molecule has 1 aromatic heterocycles. The summed E-state index contributed by atoms with van der Waals surface area (Å²) in [6.45, 7) is 1.95. The first-order chi connectivity index (χ1) is 9.49. The van der Waals surface area contributed by atoms with Crippen molar-refractivity contribution in [1.29, 1.82) is 0 Å². The fourth-order valence-corrected chi connectivity index (χ4v) is 2.54. The lowest BCUT2D eigenvalue weighted by Gasteiger charge is -2.09. The largest absolute Gasteiger partial charge is 0.373 e. The van der Waals surface area contributed by atoms with Gasteiger partial charge in [0.05, 0.1) is 5.02 Å². The van der Waals surface area contributed by atoms with Crippen molar-refractivity contribution < 1.29 is 4.79 Å². The number of hydrogen-bond acceptors (Lipinski definition) is 3. The average Bonchev–Trinajstić information content (AvgIpc) is 2.37. The standard InChI is InChI=1S/C14H13BrClN3O/c1-8-5-9(15)7-10(6-8)18-14(20)13-11(16)3-4-12(17-2)19-13/h3-7H,1-2H3,(H,17,19)(H,18,20). The second kappa shape index (κ2) is 6.24. The minimum Gasteiger partial charge on any atom is -0.373 e. The highest BCUT2D eigenvalue weighted by molar-refractivity contribution is 9.10. The van der Waals surface area contributed by atoms with Crippen LogP contribution < -0.4 is 10.6 Å². The molecule has 2 rings (SSSR count). The van der Waals surface area contributed by atoms with Crippen LogP contribution in [0.2, 0.25) is 5.02 Å². The maximum Gasteiger partial charge on any atom is 0.275 e. The van der Waals surface area contributed by atoms with Gasteiger partial charge in [-0.2, -0.15) is 0 Å². The van der Waals surface area contributed by atoms with Crippen molar-refractivity contribution in [3.63, 3.8) is 0 Å². The minimum atomic E-state index is -0.343. The maximum atomic E-state index is 12.2. The number of aromatic nitrogens is 1. The number of halogens is 2. The predicted molar refractivity (Wildman–Crippen MR) is 85.6 cm³/mol. The molecule has 104 valence electrons. The van der Waals surface area contributed by atoms with E-state index in [1.165, 1.54) is 0 Å². The molecule has 0 saturated carbocycles. The summed E-state index contributed by atoms with van der Waals surface area (Å²) in [5, 5.41) is 5.98. The number of benzene rings is 1. The number of aryl methyl sites for hydroxylation is 1. The average molecular weight is 355 g/mol. The van der Waals surface area contributed by atoms with Gasteiger partial charge in [-0.3, -0.25) is 4.79 Å². The van der Waals surface area contributed by atoms with Gasteiger partial charge in [0, 0.05) is 17.2 Å². The molecular formula is C14H13BrClN3O. The highest BCUT2D eigenvalue weighted by Crippen LogP contribution is 2.21. The van der Waals surface area contributed by atoms with Crippen molar-refractivity contribution in [1.82, 2.24) is 4.98 Å². The van der Waals surface area contributed by atoms with Crippen molar-refractivity contribution in [3.8, 4) is 0 Å². The second-order valence-corrected chi connectivity index (χ2v) is 5.57. The van der Waals surface area contributed by atoms with Crippen molar-refractivity contribution in [3.05, 3.63) is 51.1 Å². The Morgan fingerprint density at radius 1 is 1.30 bits per heavy atom. The van der Waals surface area contributed by atoms with Gasteiger partial charge in [-0.25, -0.2) is 4.98 Å². The van der Waals surface area contributed by atoms with Crippen LogP contribution >= 0.6 is 27.5 Å². The third-order valence-electron chi connectivity index (χ3n) is 2.62. The van der Waals surface area contributed by atoms with Crippen LogP contribution in [-0.4, -0.2) is 17.9 Å². The molecule has 1 heterocycles. The molecule has 0 spiro atoms. The van der Waals surface area contributed by atoms with Crippen LogP contribution in [0.25, 0.3) is 0 Å². The van der Waals surface area contributed by atoms with E-state index < -0.39 is 0 Å². The molecule has 4 nitrogen and oxygen atoms in total. The molecule has 0 radical (unpaired) electrons. The van der Waals surface area contributed by atoms with Crippen LogP contribution in [-0.2, 0) is 0 Å². The summed E-state index contributed by atoms with van der Waals surface area (Å²) in [6.07, 6.45) is 0.